The Hall–Kier alpha value is -0.570. The fraction of sp³-hybridized carbons (Fsp3) is 0.923. The standard InChI is InChI=1S/C13H26N2O/c1-4-11(5-2)15-12(16)13(6-3)7-9-14-10-8-13/h11,14H,4-10H2,1-3H3,(H,15,16). The highest BCUT2D eigenvalue weighted by atomic mass is 16.2. The van der Waals surface area contributed by atoms with Gasteiger partial charge in [-0.1, -0.05) is 20.8 Å². The number of hydrogen-bond acceptors (Lipinski definition) is 2. The van der Waals surface area contributed by atoms with Crippen molar-refractivity contribution in [3.05, 3.63) is 0 Å². The van der Waals surface area contributed by atoms with Crippen LogP contribution in [0.4, 0.5) is 0 Å². The van der Waals surface area contributed by atoms with Crippen LogP contribution in [-0.4, -0.2) is 25.0 Å². The molecule has 1 rings (SSSR count). The van der Waals surface area contributed by atoms with E-state index in [1.165, 1.54) is 0 Å². The molecule has 1 heterocycles. The molecule has 0 atom stereocenters. The highest BCUT2D eigenvalue weighted by Crippen LogP contribution is 2.32. The van der Waals surface area contributed by atoms with E-state index < -0.39 is 0 Å². The van der Waals surface area contributed by atoms with Crippen LogP contribution in [0.15, 0.2) is 0 Å². The summed E-state index contributed by atoms with van der Waals surface area (Å²) in [6.45, 7) is 8.36. The second-order valence-corrected chi connectivity index (χ2v) is 4.87. The molecule has 16 heavy (non-hydrogen) atoms. The van der Waals surface area contributed by atoms with Gasteiger partial charge in [0.1, 0.15) is 0 Å². The monoisotopic (exact) mass is 226 g/mol. The molecule has 3 nitrogen and oxygen atoms in total. The molecule has 94 valence electrons. The van der Waals surface area contributed by atoms with Crippen molar-refractivity contribution in [3.63, 3.8) is 0 Å². The van der Waals surface area contributed by atoms with Crippen LogP contribution >= 0.6 is 0 Å². The fourth-order valence-corrected chi connectivity index (χ4v) is 2.48. The summed E-state index contributed by atoms with van der Waals surface area (Å²) in [5.41, 5.74) is -0.103. The van der Waals surface area contributed by atoms with Gasteiger partial charge in [0.2, 0.25) is 5.91 Å². The van der Waals surface area contributed by atoms with E-state index in [0.717, 1.165) is 45.2 Å². The van der Waals surface area contributed by atoms with Gasteiger partial charge >= 0.3 is 0 Å². The van der Waals surface area contributed by atoms with Crippen LogP contribution in [0.25, 0.3) is 0 Å². The van der Waals surface area contributed by atoms with Crippen molar-refractivity contribution in [2.75, 3.05) is 13.1 Å². The minimum absolute atomic E-state index is 0.103. The normalized spacial score (nSPS) is 19.8. The molecule has 3 heteroatoms. The number of hydrogen-bond donors (Lipinski definition) is 2. The van der Waals surface area contributed by atoms with Crippen LogP contribution in [0.5, 0.6) is 0 Å². The van der Waals surface area contributed by atoms with E-state index in [9.17, 15) is 4.79 Å². The van der Waals surface area contributed by atoms with Gasteiger partial charge in [-0.2, -0.15) is 0 Å². The first kappa shape index (κ1) is 13.5. The summed E-state index contributed by atoms with van der Waals surface area (Å²) in [7, 11) is 0. The Balaban J connectivity index is 2.61. The molecular formula is C13H26N2O. The third-order valence-corrected chi connectivity index (χ3v) is 4.04. The lowest BCUT2D eigenvalue weighted by molar-refractivity contribution is -0.133. The Morgan fingerprint density at radius 1 is 1.25 bits per heavy atom. The van der Waals surface area contributed by atoms with E-state index in [2.05, 4.69) is 31.4 Å². The maximum Gasteiger partial charge on any atom is 0.226 e. The summed E-state index contributed by atoms with van der Waals surface area (Å²) >= 11 is 0. The minimum Gasteiger partial charge on any atom is -0.353 e. The van der Waals surface area contributed by atoms with Crippen LogP contribution in [0.2, 0.25) is 0 Å². The molecule has 0 aromatic carbocycles. The molecule has 0 radical (unpaired) electrons. The van der Waals surface area contributed by atoms with Crippen molar-refractivity contribution in [3.8, 4) is 0 Å². The molecule has 1 aliphatic heterocycles. The van der Waals surface area contributed by atoms with E-state index in [-0.39, 0.29) is 11.3 Å². The lowest BCUT2D eigenvalue weighted by Crippen LogP contribution is -2.49. The van der Waals surface area contributed by atoms with Crippen LogP contribution in [0.3, 0.4) is 0 Å². The smallest absolute Gasteiger partial charge is 0.226 e. The quantitative estimate of drug-likeness (QED) is 0.753. The third kappa shape index (κ3) is 2.97. The van der Waals surface area contributed by atoms with Crippen molar-refractivity contribution in [2.45, 2.75) is 58.9 Å². The average Bonchev–Trinajstić information content (AvgIpc) is 2.36. The first-order valence-corrected chi connectivity index (χ1v) is 6.70. The van der Waals surface area contributed by atoms with Crippen LogP contribution in [0.1, 0.15) is 52.9 Å². The van der Waals surface area contributed by atoms with Crippen LogP contribution in [0, 0.1) is 5.41 Å². The summed E-state index contributed by atoms with van der Waals surface area (Å²) in [5, 5.41) is 6.54. The molecule has 0 saturated carbocycles. The predicted octanol–water partition coefficient (Wildman–Crippen LogP) is 2.07. The fourth-order valence-electron chi connectivity index (χ4n) is 2.48. The number of amides is 1. The number of piperidine rings is 1. The summed E-state index contributed by atoms with van der Waals surface area (Å²) in [4.78, 5) is 12.3. The Morgan fingerprint density at radius 2 is 1.81 bits per heavy atom. The van der Waals surface area contributed by atoms with Crippen molar-refractivity contribution in [1.82, 2.24) is 10.6 Å². The van der Waals surface area contributed by atoms with E-state index in [4.69, 9.17) is 0 Å². The molecule has 1 saturated heterocycles. The second-order valence-electron chi connectivity index (χ2n) is 4.87. The highest BCUT2D eigenvalue weighted by molar-refractivity contribution is 5.83. The molecule has 0 aromatic rings. The Morgan fingerprint density at radius 3 is 2.25 bits per heavy atom. The Labute approximate surface area is 99.4 Å². The number of carbonyl (C=O) groups is 1. The molecular weight excluding hydrogens is 200 g/mol. The van der Waals surface area contributed by atoms with Gasteiger partial charge in [0.15, 0.2) is 0 Å². The van der Waals surface area contributed by atoms with E-state index in [1.54, 1.807) is 0 Å². The first-order chi connectivity index (χ1) is 7.68. The lowest BCUT2D eigenvalue weighted by Gasteiger charge is -2.36. The second kappa shape index (κ2) is 6.24. The van der Waals surface area contributed by atoms with Crippen molar-refractivity contribution < 1.29 is 4.79 Å². The van der Waals surface area contributed by atoms with Gasteiger partial charge < -0.3 is 10.6 Å². The van der Waals surface area contributed by atoms with Crippen molar-refractivity contribution in [2.24, 2.45) is 5.41 Å². The first-order valence-electron chi connectivity index (χ1n) is 6.70. The zero-order valence-corrected chi connectivity index (χ0v) is 10.9. The average molecular weight is 226 g/mol. The molecule has 0 bridgehead atoms. The molecule has 0 aliphatic carbocycles. The van der Waals surface area contributed by atoms with Gasteiger partial charge in [-0.05, 0) is 45.2 Å². The lowest BCUT2D eigenvalue weighted by atomic mass is 9.75. The molecule has 1 aliphatic rings. The third-order valence-electron chi connectivity index (χ3n) is 4.04. The summed E-state index contributed by atoms with van der Waals surface area (Å²) in [6, 6.07) is 0.353. The van der Waals surface area contributed by atoms with E-state index >= 15 is 0 Å². The SMILES string of the molecule is CCC(CC)NC(=O)C1(CC)CCNCC1. The largest absolute Gasteiger partial charge is 0.353 e. The Kier molecular flexibility index (Phi) is 5.26. The number of rotatable bonds is 5. The molecule has 0 unspecified atom stereocenters. The molecule has 0 aromatic heterocycles. The molecule has 0 spiro atoms. The number of nitrogens with one attached hydrogen (secondary N) is 2. The van der Waals surface area contributed by atoms with Gasteiger partial charge in [-0.3, -0.25) is 4.79 Å². The van der Waals surface area contributed by atoms with Gasteiger partial charge in [0.25, 0.3) is 0 Å². The van der Waals surface area contributed by atoms with Gasteiger partial charge in [0, 0.05) is 6.04 Å². The molecule has 1 fully saturated rings. The zero-order chi connectivity index (χ0) is 12.0. The van der Waals surface area contributed by atoms with Crippen molar-refractivity contribution in [1.29, 1.82) is 0 Å². The molecule has 1 amide bonds. The van der Waals surface area contributed by atoms with Gasteiger partial charge in [0.05, 0.1) is 5.41 Å². The summed E-state index contributed by atoms with van der Waals surface area (Å²) < 4.78 is 0. The van der Waals surface area contributed by atoms with Crippen LogP contribution < -0.4 is 10.6 Å². The van der Waals surface area contributed by atoms with Crippen LogP contribution in [-0.2, 0) is 4.79 Å². The molecule has 2 N–H and O–H groups in total. The number of carbonyl (C=O) groups excluding carboxylic acids is 1. The van der Waals surface area contributed by atoms with Gasteiger partial charge in [-0.25, -0.2) is 0 Å². The zero-order valence-electron chi connectivity index (χ0n) is 10.9. The maximum atomic E-state index is 12.3. The summed E-state index contributed by atoms with van der Waals surface area (Å²) in [6.07, 6.45) is 4.98. The Bertz CT molecular complexity index is 218. The maximum absolute atomic E-state index is 12.3. The van der Waals surface area contributed by atoms with Crippen molar-refractivity contribution >= 4 is 5.91 Å². The topological polar surface area (TPSA) is 41.1 Å². The summed E-state index contributed by atoms with van der Waals surface area (Å²) in [5.74, 6) is 0.283. The van der Waals surface area contributed by atoms with Gasteiger partial charge in [-0.15, -0.1) is 0 Å². The van der Waals surface area contributed by atoms with E-state index in [0.29, 0.717) is 6.04 Å². The van der Waals surface area contributed by atoms with E-state index in [1.807, 2.05) is 0 Å². The highest BCUT2D eigenvalue weighted by Gasteiger charge is 2.38. The minimum atomic E-state index is -0.103. The predicted molar refractivity (Wildman–Crippen MR) is 67.3 cm³/mol.